The van der Waals surface area contributed by atoms with Crippen LogP contribution in [-0.4, -0.2) is 53.6 Å². The fraction of sp³-hybridized carbons (Fsp3) is 0.591. The molecule has 4 nitrogen and oxygen atoms in total. The first-order valence-electron chi connectivity index (χ1n) is 9.97. The zero-order valence-electron chi connectivity index (χ0n) is 15.6. The molecule has 3 fully saturated rings. The summed E-state index contributed by atoms with van der Waals surface area (Å²) in [6, 6.07) is 8.56. The number of piperidine rings is 1. The van der Waals surface area contributed by atoms with Gasteiger partial charge in [-0.1, -0.05) is 42.3 Å². The number of Topliss-reactive ketones (excluding diaryl/α,β-unsaturated/α-hetero) is 1. The van der Waals surface area contributed by atoms with Crippen molar-refractivity contribution in [3.63, 3.8) is 0 Å². The van der Waals surface area contributed by atoms with Crippen LogP contribution >= 0.6 is 0 Å². The number of rotatable bonds is 7. The molecule has 2 aliphatic carbocycles. The molecule has 0 bridgehead atoms. The maximum Gasteiger partial charge on any atom is 0.191 e. The van der Waals surface area contributed by atoms with Gasteiger partial charge in [0.2, 0.25) is 0 Å². The van der Waals surface area contributed by atoms with E-state index in [1.54, 1.807) is 0 Å². The molecule has 2 N–H and O–H groups in total. The van der Waals surface area contributed by atoms with E-state index in [2.05, 4.69) is 16.8 Å². The number of hydrogen-bond donors (Lipinski definition) is 2. The Morgan fingerprint density at radius 2 is 2.00 bits per heavy atom. The maximum absolute atomic E-state index is 12.8. The second kappa shape index (κ2) is 7.26. The largest absolute Gasteiger partial charge is 0.385 e. The van der Waals surface area contributed by atoms with E-state index in [0.29, 0.717) is 17.6 Å². The van der Waals surface area contributed by atoms with Crippen molar-refractivity contribution in [1.29, 1.82) is 0 Å². The molecule has 0 amide bonds. The molecule has 3 aliphatic rings. The predicted octanol–water partition coefficient (Wildman–Crippen LogP) is 2.41. The highest BCUT2D eigenvalue weighted by Crippen LogP contribution is 2.48. The minimum Gasteiger partial charge on any atom is -0.385 e. The van der Waals surface area contributed by atoms with Crippen molar-refractivity contribution in [2.24, 2.45) is 17.8 Å². The molecule has 1 aromatic carbocycles. The summed E-state index contributed by atoms with van der Waals surface area (Å²) in [7, 11) is 0. The van der Waals surface area contributed by atoms with Crippen LogP contribution in [0.25, 0.3) is 0 Å². The second-order valence-electron chi connectivity index (χ2n) is 8.34. The van der Waals surface area contributed by atoms with Gasteiger partial charge >= 0.3 is 0 Å². The lowest BCUT2D eigenvalue weighted by molar-refractivity contribution is 0.0425. The number of carbonyl (C=O) groups is 1. The number of likely N-dealkylation sites (tertiary alicyclic amines) is 1. The van der Waals surface area contributed by atoms with Crippen molar-refractivity contribution in [3.8, 4) is 0 Å². The topological polar surface area (TPSA) is 52.6 Å². The van der Waals surface area contributed by atoms with E-state index in [-0.39, 0.29) is 11.7 Å². The van der Waals surface area contributed by atoms with Crippen LogP contribution < -0.4 is 5.32 Å². The highest BCUT2D eigenvalue weighted by molar-refractivity contribution is 5.99. The number of nitrogens with zero attached hydrogens (tertiary/aromatic N) is 1. The Hall–Kier alpha value is -1.49. The molecule has 4 heteroatoms. The summed E-state index contributed by atoms with van der Waals surface area (Å²) < 4.78 is 0. The van der Waals surface area contributed by atoms with Gasteiger partial charge in [0.25, 0.3) is 0 Å². The minimum absolute atomic E-state index is 0.0703. The standard InChI is InChI=1S/C22H30N2O2/c1-3-11-23-20-17-12-24(13-18(17)20)19-6-4-5-16(19)22(26)21(25)15-9-7-14(2)8-10-15/h3,7-10,16-20,22-23,26H,1,4-6,11-13H2,2H3. The lowest BCUT2D eigenvalue weighted by Crippen LogP contribution is -2.45. The van der Waals surface area contributed by atoms with E-state index in [1.165, 1.54) is 0 Å². The van der Waals surface area contributed by atoms with Gasteiger partial charge in [-0.05, 0) is 31.6 Å². The third-order valence-electron chi connectivity index (χ3n) is 6.73. The number of nitrogens with one attached hydrogen (secondary N) is 1. The summed E-state index contributed by atoms with van der Waals surface area (Å²) in [4.78, 5) is 15.3. The summed E-state index contributed by atoms with van der Waals surface area (Å²) >= 11 is 0. The molecule has 1 aliphatic heterocycles. The molecule has 1 saturated heterocycles. The normalized spacial score (nSPS) is 34.5. The third-order valence-corrected chi connectivity index (χ3v) is 6.73. The first-order valence-corrected chi connectivity index (χ1v) is 9.97. The molecule has 1 aromatic rings. The Morgan fingerprint density at radius 1 is 1.31 bits per heavy atom. The zero-order valence-corrected chi connectivity index (χ0v) is 15.6. The van der Waals surface area contributed by atoms with Crippen molar-refractivity contribution in [2.45, 2.75) is 44.4 Å². The molecule has 0 spiro atoms. The van der Waals surface area contributed by atoms with Crippen LogP contribution in [0.15, 0.2) is 36.9 Å². The number of fused-ring (bicyclic) bond motifs is 1. The second-order valence-corrected chi connectivity index (χ2v) is 8.34. The van der Waals surface area contributed by atoms with E-state index in [9.17, 15) is 9.90 Å². The van der Waals surface area contributed by atoms with Crippen LogP contribution in [0, 0.1) is 24.7 Å². The Kier molecular flexibility index (Phi) is 5.00. The SMILES string of the molecule is C=CCNC1C2CN(C3CCCC3C(O)C(=O)c3ccc(C)cc3)CC21. The van der Waals surface area contributed by atoms with E-state index in [1.807, 2.05) is 37.3 Å². The molecule has 26 heavy (non-hydrogen) atoms. The van der Waals surface area contributed by atoms with Gasteiger partial charge in [-0.3, -0.25) is 9.69 Å². The van der Waals surface area contributed by atoms with Crippen molar-refractivity contribution in [1.82, 2.24) is 10.2 Å². The first-order chi connectivity index (χ1) is 12.6. The molecule has 4 rings (SSSR count). The molecule has 0 radical (unpaired) electrons. The average molecular weight is 354 g/mol. The van der Waals surface area contributed by atoms with Crippen LogP contribution in [0.2, 0.25) is 0 Å². The van der Waals surface area contributed by atoms with Gasteiger partial charge in [0, 0.05) is 43.2 Å². The lowest BCUT2D eigenvalue weighted by Gasteiger charge is -2.33. The summed E-state index contributed by atoms with van der Waals surface area (Å²) in [6.07, 6.45) is 4.21. The molecule has 0 aromatic heterocycles. The number of aliphatic hydroxyl groups excluding tert-OH is 1. The van der Waals surface area contributed by atoms with Gasteiger partial charge in [0.1, 0.15) is 6.10 Å². The lowest BCUT2D eigenvalue weighted by atomic mass is 9.89. The number of aliphatic hydroxyl groups is 1. The van der Waals surface area contributed by atoms with Crippen LogP contribution in [0.3, 0.4) is 0 Å². The van der Waals surface area contributed by atoms with Gasteiger partial charge in [-0.15, -0.1) is 6.58 Å². The van der Waals surface area contributed by atoms with Crippen molar-refractivity contribution >= 4 is 5.78 Å². The Labute approximate surface area is 156 Å². The van der Waals surface area contributed by atoms with E-state index in [0.717, 1.165) is 56.3 Å². The molecule has 5 unspecified atom stereocenters. The highest BCUT2D eigenvalue weighted by Gasteiger charge is 2.57. The third kappa shape index (κ3) is 3.26. The van der Waals surface area contributed by atoms with E-state index in [4.69, 9.17) is 0 Å². The first kappa shape index (κ1) is 17.9. The van der Waals surface area contributed by atoms with Gasteiger partial charge in [0.15, 0.2) is 5.78 Å². The molecular weight excluding hydrogens is 324 g/mol. The van der Waals surface area contributed by atoms with Crippen LogP contribution in [0.4, 0.5) is 0 Å². The van der Waals surface area contributed by atoms with Crippen LogP contribution in [0.5, 0.6) is 0 Å². The van der Waals surface area contributed by atoms with Gasteiger partial charge in [-0.2, -0.15) is 0 Å². The quantitative estimate of drug-likeness (QED) is 0.583. The molecule has 5 atom stereocenters. The van der Waals surface area contributed by atoms with Gasteiger partial charge in [0.05, 0.1) is 0 Å². The Balaban J connectivity index is 1.37. The summed E-state index contributed by atoms with van der Waals surface area (Å²) in [5.41, 5.74) is 1.76. The highest BCUT2D eigenvalue weighted by atomic mass is 16.3. The van der Waals surface area contributed by atoms with Crippen molar-refractivity contribution < 1.29 is 9.90 Å². The monoisotopic (exact) mass is 354 g/mol. The summed E-state index contributed by atoms with van der Waals surface area (Å²) in [6.45, 7) is 8.87. The molecule has 1 heterocycles. The number of carbonyl (C=O) groups excluding carboxylic acids is 1. The molecular formula is C22H30N2O2. The molecule has 140 valence electrons. The Morgan fingerprint density at radius 3 is 2.65 bits per heavy atom. The van der Waals surface area contributed by atoms with E-state index >= 15 is 0 Å². The minimum atomic E-state index is -0.878. The van der Waals surface area contributed by atoms with E-state index < -0.39 is 6.10 Å². The van der Waals surface area contributed by atoms with Crippen molar-refractivity contribution in [3.05, 3.63) is 48.0 Å². The fourth-order valence-electron chi connectivity index (χ4n) is 5.23. The van der Waals surface area contributed by atoms with Crippen LogP contribution in [-0.2, 0) is 0 Å². The summed E-state index contributed by atoms with van der Waals surface area (Å²) in [5, 5.41) is 14.4. The fourth-order valence-corrected chi connectivity index (χ4v) is 5.23. The molecule has 2 saturated carbocycles. The van der Waals surface area contributed by atoms with Gasteiger partial charge < -0.3 is 10.4 Å². The zero-order chi connectivity index (χ0) is 18.3. The van der Waals surface area contributed by atoms with Gasteiger partial charge in [-0.25, -0.2) is 0 Å². The summed E-state index contributed by atoms with van der Waals surface area (Å²) in [5.74, 6) is 1.43. The predicted molar refractivity (Wildman–Crippen MR) is 103 cm³/mol. The smallest absolute Gasteiger partial charge is 0.191 e. The Bertz CT molecular complexity index is 659. The van der Waals surface area contributed by atoms with Crippen LogP contribution in [0.1, 0.15) is 35.2 Å². The average Bonchev–Trinajstić information content (AvgIpc) is 3.03. The number of benzene rings is 1. The number of ketones is 1. The maximum atomic E-state index is 12.8. The van der Waals surface area contributed by atoms with Crippen molar-refractivity contribution in [2.75, 3.05) is 19.6 Å². The number of aryl methyl sites for hydroxylation is 1. The number of hydrogen-bond acceptors (Lipinski definition) is 4.